The van der Waals surface area contributed by atoms with Crippen LogP contribution in [0.25, 0.3) is 11.0 Å². The maximum absolute atomic E-state index is 14.8. The van der Waals surface area contributed by atoms with E-state index in [-0.39, 0.29) is 69.1 Å². The van der Waals surface area contributed by atoms with Crippen LogP contribution >= 0.6 is 0 Å². The Kier molecular flexibility index (Phi) is 22.2. The Bertz CT molecular complexity index is 2850. The van der Waals surface area contributed by atoms with Crippen LogP contribution < -0.4 is 60.3 Å². The van der Waals surface area contributed by atoms with Crippen LogP contribution in [0, 0.1) is 32.1 Å². The van der Waals surface area contributed by atoms with Gasteiger partial charge in [0.05, 0.1) is 42.0 Å². The second-order valence-electron chi connectivity index (χ2n) is 19.5. The molecule has 3 aromatic rings. The summed E-state index contributed by atoms with van der Waals surface area (Å²) in [7, 11) is 1.45. The van der Waals surface area contributed by atoms with E-state index >= 15 is 0 Å². The Morgan fingerprint density at radius 3 is 2.12 bits per heavy atom. The number of ether oxygens (including phenoxy) is 1. The number of nitro benzene ring substituents is 2. The molecule has 1 saturated heterocycles. The summed E-state index contributed by atoms with van der Waals surface area (Å²) in [5.74, 6) is -8.09. The molecule has 1 aliphatic rings. The van der Waals surface area contributed by atoms with Gasteiger partial charge in [-0.15, -0.1) is 0 Å². The van der Waals surface area contributed by atoms with Crippen molar-refractivity contribution in [3.63, 3.8) is 0 Å². The number of hydrogen-bond donors (Lipinski definition) is 9. The van der Waals surface area contributed by atoms with Gasteiger partial charge >= 0.3 is 5.63 Å². The lowest BCUT2D eigenvalue weighted by molar-refractivity contribution is -0.394. The molecule has 2 aromatic carbocycles. The number of aliphatic imine (C=N–C) groups is 1. The van der Waals surface area contributed by atoms with Gasteiger partial charge in [-0.25, -0.2) is 4.79 Å². The first kappa shape index (κ1) is 61.9. The number of guanidine groups is 1. The topological polar surface area (TPSA) is 459 Å². The Morgan fingerprint density at radius 1 is 0.846 bits per heavy atom. The third-order valence-corrected chi connectivity index (χ3v) is 12.7. The maximum Gasteiger partial charge on any atom is 0.336 e. The molecule has 29 nitrogen and oxygen atoms in total. The second-order valence-corrected chi connectivity index (χ2v) is 19.5. The van der Waals surface area contributed by atoms with E-state index in [9.17, 15) is 63.4 Å². The van der Waals surface area contributed by atoms with Crippen molar-refractivity contribution >= 4 is 75.6 Å². The van der Waals surface area contributed by atoms with Gasteiger partial charge in [-0.1, -0.05) is 27.7 Å². The van der Waals surface area contributed by atoms with Crippen molar-refractivity contribution in [2.45, 2.75) is 122 Å². The number of imide groups is 1. The lowest BCUT2D eigenvalue weighted by atomic mass is 9.96. The van der Waals surface area contributed by atoms with Crippen LogP contribution in [0.1, 0.15) is 90.3 Å². The molecule has 0 aliphatic carbocycles. The molecule has 2 heterocycles. The molecular formula is C49H68N14O15. The minimum Gasteiger partial charge on any atom is -0.497 e. The minimum absolute atomic E-state index is 0.0304. The number of fused-ring (bicyclic) bond motifs is 1. The number of nitrogens with zero attached hydrogens (tertiary/aromatic N) is 5. The molecule has 14 N–H and O–H groups in total. The number of methoxy groups -OCH3 is 1. The predicted octanol–water partition coefficient (Wildman–Crippen LogP) is -0.876. The first-order valence-electron chi connectivity index (χ1n) is 24.9. The monoisotopic (exact) mass is 1090 g/mol. The van der Waals surface area contributed by atoms with Crippen LogP contribution in [0.5, 0.6) is 5.75 Å². The number of hydrogen-bond acceptors (Lipinski definition) is 18. The average Bonchev–Trinajstić information content (AvgIpc) is 3.91. The van der Waals surface area contributed by atoms with Crippen molar-refractivity contribution in [2.75, 3.05) is 26.7 Å². The van der Waals surface area contributed by atoms with Crippen molar-refractivity contribution in [3.05, 3.63) is 84.2 Å². The molecule has 78 heavy (non-hydrogen) atoms. The predicted molar refractivity (Wildman–Crippen MR) is 280 cm³/mol. The molecule has 0 unspecified atom stereocenters. The van der Waals surface area contributed by atoms with Gasteiger partial charge < -0.3 is 64.0 Å². The average molecular weight is 1090 g/mol. The normalized spacial score (nSPS) is 15.5. The molecule has 0 spiro atoms. The van der Waals surface area contributed by atoms with Gasteiger partial charge in [-0.05, 0) is 81.0 Å². The lowest BCUT2D eigenvalue weighted by Gasteiger charge is -2.34. The van der Waals surface area contributed by atoms with Crippen LogP contribution in [0.15, 0.2) is 56.7 Å². The zero-order valence-corrected chi connectivity index (χ0v) is 44.1. The quantitative estimate of drug-likeness (QED) is 0.0112. The van der Waals surface area contributed by atoms with Crippen LogP contribution in [-0.2, 0) is 44.8 Å². The second kappa shape index (κ2) is 28.0. The third kappa shape index (κ3) is 16.7. The molecular weight excluding hydrogens is 1020 g/mol. The number of rotatable bonds is 27. The number of nitro groups is 2. The van der Waals surface area contributed by atoms with Crippen molar-refractivity contribution < 1.29 is 57.4 Å². The van der Waals surface area contributed by atoms with Gasteiger partial charge in [0.1, 0.15) is 47.6 Å². The Labute approximate surface area is 447 Å². The molecule has 0 bridgehead atoms. The Balaban J connectivity index is 1.57. The summed E-state index contributed by atoms with van der Waals surface area (Å²) in [5, 5.41) is 34.0. The summed E-state index contributed by atoms with van der Waals surface area (Å²) in [6, 6.07) is -2.65. The summed E-state index contributed by atoms with van der Waals surface area (Å²) in [5.41, 5.74) is 26.8. The van der Waals surface area contributed by atoms with Crippen molar-refractivity contribution in [3.8, 4) is 5.75 Å². The van der Waals surface area contributed by atoms with Gasteiger partial charge in [0.25, 0.3) is 17.3 Å². The molecule has 29 heteroatoms. The smallest absolute Gasteiger partial charge is 0.336 e. The van der Waals surface area contributed by atoms with Gasteiger partial charge in [0.15, 0.2) is 5.96 Å². The minimum atomic E-state index is -2.08. The molecule has 7 atom stereocenters. The van der Waals surface area contributed by atoms with Gasteiger partial charge in [0, 0.05) is 42.2 Å². The maximum atomic E-state index is 14.8. The van der Waals surface area contributed by atoms with Crippen LogP contribution in [0.3, 0.4) is 0 Å². The summed E-state index contributed by atoms with van der Waals surface area (Å²) in [6.45, 7) is 7.42. The number of carbonyl (C=O) groups excluding carboxylic acids is 8. The first-order chi connectivity index (χ1) is 36.6. The highest BCUT2D eigenvalue weighted by Gasteiger charge is 2.43. The van der Waals surface area contributed by atoms with E-state index in [1.165, 1.54) is 24.1 Å². The van der Waals surface area contributed by atoms with Crippen LogP contribution in [-0.4, -0.2) is 136 Å². The zero-order chi connectivity index (χ0) is 58.3. The first-order valence-corrected chi connectivity index (χ1v) is 24.9. The van der Waals surface area contributed by atoms with E-state index in [0.717, 1.165) is 19.1 Å². The fraction of sp³-hybridized carbons (Fsp3) is 0.510. The highest BCUT2D eigenvalue weighted by atomic mass is 16.6. The fourth-order valence-electron chi connectivity index (χ4n) is 8.74. The molecule has 0 saturated carbocycles. The number of likely N-dealkylation sites (tertiary alicyclic amines) is 1. The lowest BCUT2D eigenvalue weighted by Crippen LogP contribution is -2.63. The largest absolute Gasteiger partial charge is 0.497 e. The molecule has 1 fully saturated rings. The van der Waals surface area contributed by atoms with Gasteiger partial charge in [0.2, 0.25) is 41.4 Å². The number of nitrogens with one attached hydrogen (secondary N) is 4. The van der Waals surface area contributed by atoms with Crippen molar-refractivity contribution in [1.82, 2.24) is 31.1 Å². The van der Waals surface area contributed by atoms with Gasteiger partial charge in [-0.3, -0.25) is 68.5 Å². The standard InChI is InChI=1S/C49H68N14O15/c1-24(2)17-33(59-46(70)35-10-8-16-60(35)39(65)19-27-20-40(66)78-37-22-29(77-6)12-14-30(27)37)45(69)56-23-38(64)57-34(18-25(3)4)47(71)61(26(5)44(68)58-32(43(52)67)9-7-15-55-49(53)54)48(72)42(51)41(50)31-13-11-28(62(73)74)21-36(31)63(75)76/h11-14,20-22,24-26,32-35,41-42H,7-10,15-19,23,50-51H2,1-6H3,(H2,52,67)(H,56,69)(H,57,64)(H,58,68)(H,59,70)(H4,53,54,55)/t26-,32-,33-,34-,35-,41-,42-/m0/s1. The zero-order valence-electron chi connectivity index (χ0n) is 44.1. The Hall–Kier alpha value is -8.60. The summed E-state index contributed by atoms with van der Waals surface area (Å²) in [6.07, 6.45) is 0.380. The van der Waals surface area contributed by atoms with Crippen LogP contribution in [0.4, 0.5) is 11.4 Å². The molecule has 1 aromatic heterocycles. The molecule has 1 aliphatic heterocycles. The number of non-ortho nitro benzene ring substituents is 1. The molecule has 0 radical (unpaired) electrons. The Morgan fingerprint density at radius 2 is 1.51 bits per heavy atom. The van der Waals surface area contributed by atoms with Crippen molar-refractivity contribution in [1.29, 1.82) is 0 Å². The van der Waals surface area contributed by atoms with E-state index in [2.05, 4.69) is 26.3 Å². The van der Waals surface area contributed by atoms with E-state index in [1.54, 1.807) is 39.8 Å². The highest BCUT2D eigenvalue weighted by Crippen LogP contribution is 2.31. The number of primary amides is 1. The van der Waals surface area contributed by atoms with E-state index < -0.39 is 134 Å². The molecule has 4 rings (SSSR count). The van der Waals surface area contributed by atoms with E-state index in [1.807, 2.05) is 0 Å². The summed E-state index contributed by atoms with van der Waals surface area (Å²) in [4.78, 5) is 151. The summed E-state index contributed by atoms with van der Waals surface area (Å²) >= 11 is 0. The summed E-state index contributed by atoms with van der Waals surface area (Å²) < 4.78 is 10.5. The number of benzene rings is 2. The van der Waals surface area contributed by atoms with Crippen LogP contribution in [0.2, 0.25) is 0 Å². The molecule has 8 amide bonds. The number of amides is 8. The molecule has 424 valence electrons. The third-order valence-electron chi connectivity index (χ3n) is 12.7. The van der Waals surface area contributed by atoms with Gasteiger partial charge in [-0.2, -0.15) is 0 Å². The number of carbonyl (C=O) groups is 8. The number of nitrogens with two attached hydrogens (primary N) is 5. The van der Waals surface area contributed by atoms with E-state index in [4.69, 9.17) is 37.8 Å². The highest BCUT2D eigenvalue weighted by molar-refractivity contribution is 6.06. The fourth-order valence-corrected chi connectivity index (χ4v) is 8.74. The van der Waals surface area contributed by atoms with E-state index in [0.29, 0.717) is 34.1 Å². The van der Waals surface area contributed by atoms with Crippen molar-refractivity contribution in [2.24, 2.45) is 45.5 Å². The SMILES string of the molecule is COc1ccc2c(CC(=O)N3CCC[C@H]3C(=O)N[C@@H](CC(C)C)C(=O)NCC(=O)N[C@@H](CC(C)C)C(=O)N(C(=O)[C@@H](N)[C@@H](N)c3ccc([N+](=O)[O-])cc3[N+](=O)[O-])[C@@H](C)C(=O)N[C@@H](CCCN=C(N)N)C(N)=O)cc(=O)oc2c1.